The largest absolute Gasteiger partial charge is 0.497 e. The van der Waals surface area contributed by atoms with Crippen molar-refractivity contribution in [1.82, 2.24) is 4.90 Å². The smallest absolute Gasteiger partial charge is 0.327 e. The maximum atomic E-state index is 12.7. The third-order valence-corrected chi connectivity index (χ3v) is 5.06. The summed E-state index contributed by atoms with van der Waals surface area (Å²) in [6.45, 7) is 3.99. The second-order valence-corrected chi connectivity index (χ2v) is 6.42. The molecule has 1 fully saturated rings. The summed E-state index contributed by atoms with van der Waals surface area (Å²) in [5.41, 5.74) is 0.453. The van der Waals surface area contributed by atoms with Crippen LogP contribution in [0.1, 0.15) is 24.2 Å². The minimum Gasteiger partial charge on any atom is -0.497 e. The van der Waals surface area contributed by atoms with Gasteiger partial charge in [-0.3, -0.25) is 4.79 Å². The lowest BCUT2D eigenvalue weighted by Crippen LogP contribution is -2.47. The van der Waals surface area contributed by atoms with Crippen molar-refractivity contribution in [1.29, 1.82) is 0 Å². The molecule has 0 aliphatic carbocycles. The van der Waals surface area contributed by atoms with Gasteiger partial charge in [-0.2, -0.15) is 0 Å². The molecule has 1 aliphatic heterocycles. The van der Waals surface area contributed by atoms with Crippen molar-refractivity contribution < 1.29 is 19.4 Å². The number of amides is 1. The molecule has 1 N–H and O–H groups in total. The van der Waals surface area contributed by atoms with Gasteiger partial charge in [-0.15, -0.1) is 11.8 Å². The zero-order valence-corrected chi connectivity index (χ0v) is 13.1. The molecule has 0 spiro atoms. The molecule has 5 nitrogen and oxygen atoms in total. The van der Waals surface area contributed by atoms with Crippen LogP contribution < -0.4 is 4.74 Å². The molecule has 2 unspecified atom stereocenters. The summed E-state index contributed by atoms with van der Waals surface area (Å²) < 4.78 is 5.12. The van der Waals surface area contributed by atoms with Gasteiger partial charge in [0.15, 0.2) is 0 Å². The van der Waals surface area contributed by atoms with E-state index in [0.29, 0.717) is 17.1 Å². The molecule has 2 atom stereocenters. The Morgan fingerprint density at radius 3 is 2.71 bits per heavy atom. The molecule has 1 heterocycles. The fraction of sp³-hybridized carbons (Fsp3) is 0.467. The summed E-state index contributed by atoms with van der Waals surface area (Å²) in [6, 6.07) is 6.03. The third-order valence-electron chi connectivity index (χ3n) is 3.44. The molecule has 1 aliphatic rings. The number of carbonyl (C=O) groups is 2. The van der Waals surface area contributed by atoms with Crippen LogP contribution >= 0.6 is 11.8 Å². The third kappa shape index (κ3) is 3.15. The number of carbonyl (C=O) groups excluding carboxylic acids is 1. The van der Waals surface area contributed by atoms with Crippen molar-refractivity contribution in [2.75, 3.05) is 12.9 Å². The molecule has 0 radical (unpaired) electrons. The van der Waals surface area contributed by atoms with Crippen molar-refractivity contribution >= 4 is 23.6 Å². The number of hydrogen-bond acceptors (Lipinski definition) is 4. The Balaban J connectivity index is 2.34. The van der Waals surface area contributed by atoms with E-state index in [0.717, 1.165) is 0 Å². The van der Waals surface area contributed by atoms with Crippen LogP contribution in [0.5, 0.6) is 5.75 Å². The highest BCUT2D eigenvalue weighted by molar-refractivity contribution is 8.00. The van der Waals surface area contributed by atoms with E-state index < -0.39 is 12.0 Å². The zero-order valence-electron chi connectivity index (χ0n) is 12.3. The number of ether oxygens (including phenoxy) is 1. The van der Waals surface area contributed by atoms with E-state index >= 15 is 0 Å². The predicted molar refractivity (Wildman–Crippen MR) is 81.7 cm³/mol. The highest BCUT2D eigenvalue weighted by atomic mass is 32.2. The second-order valence-electron chi connectivity index (χ2n) is 5.27. The first-order valence-corrected chi connectivity index (χ1v) is 7.81. The first-order valence-electron chi connectivity index (χ1n) is 6.76. The van der Waals surface area contributed by atoms with Gasteiger partial charge in [0, 0.05) is 11.3 Å². The van der Waals surface area contributed by atoms with Gasteiger partial charge in [0.1, 0.15) is 11.8 Å². The Kier molecular flexibility index (Phi) is 4.77. The fourth-order valence-corrected chi connectivity index (χ4v) is 3.86. The SMILES string of the molecule is COc1cccc(C(=O)N2C(C(=O)O)CSC2C(C)C)c1. The Hall–Kier alpha value is -1.69. The molecule has 6 heteroatoms. The normalized spacial score (nSPS) is 21.6. The maximum absolute atomic E-state index is 12.7. The van der Waals surface area contributed by atoms with Crippen molar-refractivity contribution in [2.24, 2.45) is 5.92 Å². The van der Waals surface area contributed by atoms with E-state index in [1.54, 1.807) is 24.3 Å². The van der Waals surface area contributed by atoms with Crippen molar-refractivity contribution in [3.8, 4) is 5.75 Å². The van der Waals surface area contributed by atoms with Crippen molar-refractivity contribution in [3.05, 3.63) is 29.8 Å². The Bertz CT molecular complexity index is 546. The lowest BCUT2D eigenvalue weighted by atomic mass is 10.1. The summed E-state index contributed by atoms with van der Waals surface area (Å²) in [5, 5.41) is 9.23. The fourth-order valence-electron chi connectivity index (χ4n) is 2.39. The summed E-state index contributed by atoms with van der Waals surface area (Å²) in [5.74, 6) is -0.0186. The number of hydrogen-bond donors (Lipinski definition) is 1. The number of benzene rings is 1. The van der Waals surface area contributed by atoms with Gasteiger partial charge in [0.25, 0.3) is 5.91 Å². The first kappa shape index (κ1) is 15.7. The molecule has 1 aromatic rings. The Morgan fingerprint density at radius 1 is 1.43 bits per heavy atom. The van der Waals surface area contributed by atoms with Crippen LogP contribution in [0.25, 0.3) is 0 Å². The quantitative estimate of drug-likeness (QED) is 0.924. The molecule has 0 saturated carbocycles. The molecule has 1 saturated heterocycles. The summed E-state index contributed by atoms with van der Waals surface area (Å²) in [4.78, 5) is 25.6. The predicted octanol–water partition coefficient (Wildman–Crippen LogP) is 2.32. The van der Waals surface area contributed by atoms with Crippen LogP contribution in [-0.2, 0) is 4.79 Å². The van der Waals surface area contributed by atoms with Crippen LogP contribution in [0.3, 0.4) is 0 Å². The topological polar surface area (TPSA) is 66.8 Å². The van der Waals surface area contributed by atoms with Crippen LogP contribution in [0, 0.1) is 5.92 Å². The average Bonchev–Trinajstić information content (AvgIpc) is 2.91. The summed E-state index contributed by atoms with van der Waals surface area (Å²) in [6.07, 6.45) is 0. The number of thioether (sulfide) groups is 1. The van der Waals surface area contributed by atoms with E-state index in [-0.39, 0.29) is 17.2 Å². The molecule has 114 valence electrons. The standard InChI is InChI=1S/C15H19NO4S/c1-9(2)14-16(12(8-21-14)15(18)19)13(17)10-5-4-6-11(7-10)20-3/h4-7,9,12,14H,8H2,1-3H3,(H,18,19). The van der Waals surface area contributed by atoms with E-state index in [2.05, 4.69) is 0 Å². The lowest BCUT2D eigenvalue weighted by Gasteiger charge is -2.29. The number of rotatable bonds is 4. The summed E-state index contributed by atoms with van der Waals surface area (Å²) >= 11 is 1.52. The van der Waals surface area contributed by atoms with Crippen molar-refractivity contribution in [3.63, 3.8) is 0 Å². The van der Waals surface area contributed by atoms with Gasteiger partial charge < -0.3 is 14.7 Å². The number of aliphatic carboxylic acids is 1. The van der Waals surface area contributed by atoms with Crippen molar-refractivity contribution in [2.45, 2.75) is 25.3 Å². The zero-order chi connectivity index (χ0) is 15.6. The van der Waals surface area contributed by atoms with Crippen LogP contribution in [0.15, 0.2) is 24.3 Å². The monoisotopic (exact) mass is 309 g/mol. The molecule has 1 aromatic carbocycles. The van der Waals surface area contributed by atoms with Gasteiger partial charge in [-0.05, 0) is 24.1 Å². The van der Waals surface area contributed by atoms with Crippen LogP contribution in [0.2, 0.25) is 0 Å². The van der Waals surface area contributed by atoms with Gasteiger partial charge in [-0.25, -0.2) is 4.79 Å². The molecule has 1 amide bonds. The molecule has 0 bridgehead atoms. The highest BCUT2D eigenvalue weighted by Crippen LogP contribution is 2.35. The Morgan fingerprint density at radius 2 is 2.14 bits per heavy atom. The number of carboxylic acid groups (broad SMARTS) is 1. The van der Waals surface area contributed by atoms with E-state index in [9.17, 15) is 14.7 Å². The van der Waals surface area contributed by atoms with E-state index in [1.807, 2.05) is 13.8 Å². The minimum absolute atomic E-state index is 0.121. The maximum Gasteiger partial charge on any atom is 0.327 e. The summed E-state index contributed by atoms with van der Waals surface area (Å²) in [7, 11) is 1.53. The molecule has 21 heavy (non-hydrogen) atoms. The van der Waals surface area contributed by atoms with Gasteiger partial charge in [0.05, 0.1) is 12.5 Å². The number of methoxy groups -OCH3 is 1. The van der Waals surface area contributed by atoms with Gasteiger partial charge in [-0.1, -0.05) is 19.9 Å². The number of carboxylic acids is 1. The van der Waals surface area contributed by atoms with Gasteiger partial charge >= 0.3 is 5.97 Å². The second kappa shape index (κ2) is 6.39. The van der Waals surface area contributed by atoms with E-state index in [1.165, 1.54) is 23.8 Å². The number of nitrogens with zero attached hydrogens (tertiary/aromatic N) is 1. The first-order chi connectivity index (χ1) is 9.95. The molecule has 0 aromatic heterocycles. The molecular formula is C15H19NO4S. The average molecular weight is 309 g/mol. The molecular weight excluding hydrogens is 290 g/mol. The van der Waals surface area contributed by atoms with Crippen LogP contribution in [-0.4, -0.2) is 46.2 Å². The van der Waals surface area contributed by atoms with E-state index in [4.69, 9.17) is 4.74 Å². The Labute approximate surface area is 128 Å². The van der Waals surface area contributed by atoms with Crippen LogP contribution in [0.4, 0.5) is 0 Å². The molecule has 2 rings (SSSR count). The highest BCUT2D eigenvalue weighted by Gasteiger charge is 2.43. The van der Waals surface area contributed by atoms with Gasteiger partial charge in [0.2, 0.25) is 0 Å². The minimum atomic E-state index is -0.957. The lowest BCUT2D eigenvalue weighted by molar-refractivity contribution is -0.141.